The molecule has 0 aliphatic carbocycles. The minimum Gasteiger partial charge on any atom is -0.256 e. The number of fused-ring (bicyclic) bond motifs is 1. The van der Waals surface area contributed by atoms with Gasteiger partial charge in [-0.15, -0.1) is 0 Å². The van der Waals surface area contributed by atoms with Crippen molar-refractivity contribution in [3.8, 4) is 5.69 Å². The van der Waals surface area contributed by atoms with Crippen LogP contribution in [0.15, 0.2) is 29.1 Å². The Balaban J connectivity index is 2.28. The zero-order chi connectivity index (χ0) is 12.7. The summed E-state index contributed by atoms with van der Waals surface area (Å²) in [5.41, 5.74) is 0.296. The molecule has 0 radical (unpaired) electrons. The molecule has 0 saturated carbocycles. The summed E-state index contributed by atoms with van der Waals surface area (Å²) in [5.74, 6) is -0.372. The Labute approximate surface area is 108 Å². The summed E-state index contributed by atoms with van der Waals surface area (Å²) >= 11 is 5.31. The number of nitrogens with zero attached hydrogens (tertiary/aromatic N) is 3. The number of benzene rings is 1. The maximum Gasteiger partial charge on any atom is 0.349 e. The van der Waals surface area contributed by atoms with Crippen molar-refractivity contribution in [3.63, 3.8) is 0 Å². The fraction of sp³-hybridized carbons (Fsp3) is 0.333. The molecule has 0 N–H and O–H groups in total. The predicted molar refractivity (Wildman–Crippen MR) is 68.0 cm³/mol. The lowest BCUT2D eigenvalue weighted by molar-refractivity contribution is 0.352. The number of hydrogen-bond donors (Lipinski definition) is 0. The summed E-state index contributed by atoms with van der Waals surface area (Å²) in [7, 11) is 0. The molecular weight excluding hydrogens is 253 g/mol. The molecule has 0 spiro atoms. The van der Waals surface area contributed by atoms with Gasteiger partial charge >= 0.3 is 5.69 Å². The third kappa shape index (κ3) is 1.64. The van der Waals surface area contributed by atoms with E-state index in [9.17, 15) is 9.18 Å². The van der Waals surface area contributed by atoms with Crippen LogP contribution in [0.5, 0.6) is 0 Å². The van der Waals surface area contributed by atoms with Crippen LogP contribution in [0, 0.1) is 10.6 Å². The van der Waals surface area contributed by atoms with Gasteiger partial charge in [0.1, 0.15) is 5.82 Å². The van der Waals surface area contributed by atoms with Crippen LogP contribution in [0.2, 0.25) is 0 Å². The van der Waals surface area contributed by atoms with Gasteiger partial charge in [0.25, 0.3) is 0 Å². The van der Waals surface area contributed by atoms with Crippen molar-refractivity contribution in [1.82, 2.24) is 13.9 Å². The van der Waals surface area contributed by atoms with Crippen molar-refractivity contribution in [2.75, 3.05) is 0 Å². The third-order valence-electron chi connectivity index (χ3n) is 3.17. The van der Waals surface area contributed by atoms with Crippen LogP contribution >= 0.6 is 12.2 Å². The molecule has 3 rings (SSSR count). The topological polar surface area (TPSA) is 31.9 Å². The average molecular weight is 265 g/mol. The Morgan fingerprint density at radius 1 is 1.17 bits per heavy atom. The summed E-state index contributed by atoms with van der Waals surface area (Å²) in [5, 5.41) is 0. The van der Waals surface area contributed by atoms with Gasteiger partial charge in [-0.05, 0) is 43.3 Å². The van der Waals surface area contributed by atoms with E-state index in [4.69, 9.17) is 12.2 Å². The van der Waals surface area contributed by atoms with E-state index >= 15 is 0 Å². The second-order valence-corrected chi connectivity index (χ2v) is 4.70. The number of halogens is 1. The van der Waals surface area contributed by atoms with Gasteiger partial charge in [-0.3, -0.25) is 4.68 Å². The third-order valence-corrected chi connectivity index (χ3v) is 3.57. The van der Waals surface area contributed by atoms with E-state index in [1.54, 1.807) is 21.5 Å². The summed E-state index contributed by atoms with van der Waals surface area (Å²) < 4.78 is 18.5. The maximum absolute atomic E-state index is 13.2. The molecule has 6 heteroatoms. The summed E-state index contributed by atoms with van der Waals surface area (Å²) in [4.78, 5) is 12.3. The molecule has 1 aromatic heterocycles. The molecular formula is C12H12FN3OS. The molecule has 1 aromatic carbocycles. The molecule has 0 atom stereocenters. The van der Waals surface area contributed by atoms with Gasteiger partial charge in [-0.25, -0.2) is 18.4 Å². The van der Waals surface area contributed by atoms with Gasteiger partial charge in [0.2, 0.25) is 4.77 Å². The minimum atomic E-state index is -0.372. The summed E-state index contributed by atoms with van der Waals surface area (Å²) in [6, 6.07) is 5.94. The maximum atomic E-state index is 13.2. The van der Waals surface area contributed by atoms with Crippen LogP contribution in [0.4, 0.5) is 4.39 Å². The normalized spacial score (nSPS) is 14.5. The number of hydrogen-bond acceptors (Lipinski definition) is 2. The molecule has 2 aromatic rings. The van der Waals surface area contributed by atoms with Gasteiger partial charge in [-0.1, -0.05) is 6.07 Å². The first-order chi connectivity index (χ1) is 8.68. The lowest BCUT2D eigenvalue weighted by Gasteiger charge is -2.14. The SMILES string of the molecule is O=c1n(-c2cccc(F)c2)c(=S)n2n1CCCC2. The van der Waals surface area contributed by atoms with Crippen LogP contribution in [-0.2, 0) is 13.1 Å². The van der Waals surface area contributed by atoms with Gasteiger partial charge in [0.15, 0.2) is 0 Å². The molecule has 0 unspecified atom stereocenters. The van der Waals surface area contributed by atoms with E-state index in [0.717, 1.165) is 19.4 Å². The van der Waals surface area contributed by atoms with E-state index in [1.807, 2.05) is 0 Å². The van der Waals surface area contributed by atoms with Crippen LogP contribution < -0.4 is 5.69 Å². The van der Waals surface area contributed by atoms with E-state index in [1.165, 1.54) is 16.7 Å². The molecule has 0 saturated heterocycles. The molecule has 1 aliphatic rings. The Morgan fingerprint density at radius 2 is 1.89 bits per heavy atom. The predicted octanol–water partition coefficient (Wildman–Crippen LogP) is 2.10. The highest BCUT2D eigenvalue weighted by Crippen LogP contribution is 2.12. The van der Waals surface area contributed by atoms with Crippen LogP contribution in [-0.4, -0.2) is 13.9 Å². The minimum absolute atomic E-state index is 0.190. The number of aromatic nitrogens is 3. The summed E-state index contributed by atoms with van der Waals surface area (Å²) in [6.07, 6.45) is 1.99. The Kier molecular flexibility index (Phi) is 2.66. The van der Waals surface area contributed by atoms with Crippen LogP contribution in [0.1, 0.15) is 12.8 Å². The lowest BCUT2D eigenvalue weighted by atomic mass is 10.3. The van der Waals surface area contributed by atoms with Gasteiger partial charge in [-0.2, -0.15) is 0 Å². The smallest absolute Gasteiger partial charge is 0.256 e. The average Bonchev–Trinajstić information content (AvgIpc) is 2.63. The highest BCUT2D eigenvalue weighted by molar-refractivity contribution is 7.71. The van der Waals surface area contributed by atoms with E-state index in [2.05, 4.69) is 0 Å². The molecule has 94 valence electrons. The van der Waals surface area contributed by atoms with Crippen molar-refractivity contribution in [3.05, 3.63) is 45.3 Å². The van der Waals surface area contributed by atoms with Crippen molar-refractivity contribution in [1.29, 1.82) is 0 Å². The molecule has 0 bridgehead atoms. The van der Waals surface area contributed by atoms with Crippen LogP contribution in [0.25, 0.3) is 5.69 Å². The molecule has 1 aliphatic heterocycles. The van der Waals surface area contributed by atoms with Crippen molar-refractivity contribution in [2.45, 2.75) is 25.9 Å². The van der Waals surface area contributed by atoms with Gasteiger partial charge in [0, 0.05) is 13.1 Å². The quantitative estimate of drug-likeness (QED) is 0.740. The fourth-order valence-corrected chi connectivity index (χ4v) is 2.68. The zero-order valence-corrected chi connectivity index (χ0v) is 10.5. The molecule has 0 fully saturated rings. The highest BCUT2D eigenvalue weighted by Gasteiger charge is 2.17. The number of rotatable bonds is 1. The standard InChI is InChI=1S/C12H12FN3OS/c13-9-4-3-5-10(8-9)16-11(17)14-6-1-2-7-15(14)12(16)18/h3-5,8H,1-2,6-7H2. The van der Waals surface area contributed by atoms with Gasteiger partial charge < -0.3 is 0 Å². The van der Waals surface area contributed by atoms with Crippen molar-refractivity contribution in [2.24, 2.45) is 0 Å². The van der Waals surface area contributed by atoms with Gasteiger partial charge in [0.05, 0.1) is 5.69 Å². The Bertz CT molecular complexity index is 675. The first kappa shape index (κ1) is 11.4. The lowest BCUT2D eigenvalue weighted by Crippen LogP contribution is -2.29. The highest BCUT2D eigenvalue weighted by atomic mass is 32.1. The van der Waals surface area contributed by atoms with E-state index < -0.39 is 0 Å². The monoisotopic (exact) mass is 265 g/mol. The largest absolute Gasteiger partial charge is 0.349 e. The molecule has 2 heterocycles. The molecule has 18 heavy (non-hydrogen) atoms. The second kappa shape index (κ2) is 4.20. The Hall–Kier alpha value is -1.69. The van der Waals surface area contributed by atoms with E-state index in [0.29, 0.717) is 17.0 Å². The summed E-state index contributed by atoms with van der Waals surface area (Å²) in [6.45, 7) is 1.42. The fourth-order valence-electron chi connectivity index (χ4n) is 2.31. The first-order valence-electron chi connectivity index (χ1n) is 5.87. The molecule has 0 amide bonds. The van der Waals surface area contributed by atoms with Crippen molar-refractivity contribution < 1.29 is 4.39 Å². The second-order valence-electron chi connectivity index (χ2n) is 4.33. The van der Waals surface area contributed by atoms with E-state index in [-0.39, 0.29) is 11.5 Å². The van der Waals surface area contributed by atoms with Crippen LogP contribution in [0.3, 0.4) is 0 Å². The zero-order valence-electron chi connectivity index (χ0n) is 9.67. The first-order valence-corrected chi connectivity index (χ1v) is 6.28. The van der Waals surface area contributed by atoms with Crippen molar-refractivity contribution >= 4 is 12.2 Å². The Morgan fingerprint density at radius 3 is 2.56 bits per heavy atom. The molecule has 4 nitrogen and oxygen atoms in total.